The van der Waals surface area contributed by atoms with Gasteiger partial charge in [0.2, 0.25) is 0 Å². The summed E-state index contributed by atoms with van der Waals surface area (Å²) in [5.74, 6) is -2.47. The summed E-state index contributed by atoms with van der Waals surface area (Å²) < 4.78 is 4.20. The molecule has 1 N–H and O–H groups in total. The van der Waals surface area contributed by atoms with Crippen LogP contribution in [0.1, 0.15) is 5.56 Å². The highest BCUT2D eigenvalue weighted by atomic mass is 35.5. The molecule has 0 spiro atoms. The zero-order chi connectivity index (χ0) is 13.0. The van der Waals surface area contributed by atoms with Gasteiger partial charge < -0.3 is 9.84 Å². The summed E-state index contributed by atoms with van der Waals surface area (Å²) in [5.41, 5.74) is 0.202. The second-order valence-electron chi connectivity index (χ2n) is 3.01. The summed E-state index contributed by atoms with van der Waals surface area (Å²) in [7, 11) is 1.07. The number of ether oxygens (including phenoxy) is 1. The minimum absolute atomic E-state index is 0.170. The molecule has 6 heteroatoms. The van der Waals surface area contributed by atoms with Crippen molar-refractivity contribution in [1.29, 1.82) is 0 Å². The summed E-state index contributed by atoms with van der Waals surface area (Å²) in [4.78, 5) is 22.0. The predicted molar refractivity (Wildman–Crippen MR) is 64.1 cm³/mol. The molecule has 1 aromatic rings. The standard InChI is InChI=1S/C11H8Cl2O4/c1-17-11(16)10(15)5-9(14)7-3-2-6(12)4-8(7)13/h2-5,14H,1H3/b9-5-. The first-order valence-corrected chi connectivity index (χ1v) is 5.19. The summed E-state index contributed by atoms with van der Waals surface area (Å²) in [5, 5.41) is 10.2. The average molecular weight is 275 g/mol. The Morgan fingerprint density at radius 2 is 2.00 bits per heavy atom. The number of carbonyl (C=O) groups excluding carboxylic acids is 2. The highest BCUT2D eigenvalue weighted by Gasteiger charge is 2.14. The largest absolute Gasteiger partial charge is 0.507 e. The fourth-order valence-electron chi connectivity index (χ4n) is 1.06. The van der Waals surface area contributed by atoms with Gasteiger partial charge in [0.25, 0.3) is 5.78 Å². The van der Waals surface area contributed by atoms with Crippen LogP contribution in [0, 0.1) is 0 Å². The summed E-state index contributed by atoms with van der Waals surface area (Å²) in [6.07, 6.45) is 0.737. The second-order valence-corrected chi connectivity index (χ2v) is 3.85. The minimum atomic E-state index is -1.07. The van der Waals surface area contributed by atoms with E-state index in [0.717, 1.165) is 13.2 Å². The molecule has 0 unspecified atom stereocenters. The van der Waals surface area contributed by atoms with Gasteiger partial charge in [0.1, 0.15) is 5.76 Å². The third-order valence-corrected chi connectivity index (χ3v) is 2.41. The van der Waals surface area contributed by atoms with Crippen molar-refractivity contribution in [2.24, 2.45) is 0 Å². The topological polar surface area (TPSA) is 63.6 Å². The zero-order valence-corrected chi connectivity index (χ0v) is 10.2. The SMILES string of the molecule is COC(=O)C(=O)/C=C(\O)c1ccc(Cl)cc1Cl. The van der Waals surface area contributed by atoms with E-state index in [4.69, 9.17) is 23.2 Å². The third-order valence-electron chi connectivity index (χ3n) is 1.86. The van der Waals surface area contributed by atoms with Gasteiger partial charge in [-0.3, -0.25) is 4.79 Å². The molecule has 90 valence electrons. The monoisotopic (exact) mass is 274 g/mol. The molecule has 17 heavy (non-hydrogen) atoms. The van der Waals surface area contributed by atoms with E-state index in [1.54, 1.807) is 0 Å². The predicted octanol–water partition coefficient (Wildman–Crippen LogP) is 2.63. The van der Waals surface area contributed by atoms with Crippen molar-refractivity contribution in [1.82, 2.24) is 0 Å². The van der Waals surface area contributed by atoms with Crippen LogP contribution in [0.2, 0.25) is 10.0 Å². The van der Waals surface area contributed by atoms with Crippen LogP contribution >= 0.6 is 23.2 Å². The van der Waals surface area contributed by atoms with Crippen LogP contribution in [-0.2, 0) is 14.3 Å². The van der Waals surface area contributed by atoms with E-state index < -0.39 is 17.5 Å². The molecule has 0 fully saturated rings. The van der Waals surface area contributed by atoms with Gasteiger partial charge in [-0.2, -0.15) is 0 Å². The van der Waals surface area contributed by atoms with Gasteiger partial charge in [0.05, 0.1) is 12.1 Å². The van der Waals surface area contributed by atoms with E-state index in [9.17, 15) is 14.7 Å². The highest BCUT2D eigenvalue weighted by Crippen LogP contribution is 2.25. The van der Waals surface area contributed by atoms with Crippen LogP contribution in [0.25, 0.3) is 5.76 Å². The number of halogens is 2. The lowest BCUT2D eigenvalue weighted by atomic mass is 10.1. The fourth-order valence-corrected chi connectivity index (χ4v) is 1.56. The molecule has 0 aromatic heterocycles. The van der Waals surface area contributed by atoms with Crippen molar-refractivity contribution in [2.45, 2.75) is 0 Å². The Kier molecular flexibility index (Phi) is 4.54. The lowest BCUT2D eigenvalue weighted by molar-refractivity contribution is -0.149. The first kappa shape index (κ1) is 13.5. The first-order chi connectivity index (χ1) is 7.95. The van der Waals surface area contributed by atoms with Gasteiger partial charge in [-0.05, 0) is 18.2 Å². The highest BCUT2D eigenvalue weighted by molar-refractivity contribution is 6.40. The molecule has 0 bridgehead atoms. The van der Waals surface area contributed by atoms with Crippen molar-refractivity contribution < 1.29 is 19.4 Å². The van der Waals surface area contributed by atoms with Crippen molar-refractivity contribution in [3.8, 4) is 0 Å². The molecule has 1 rings (SSSR count). The molecule has 0 saturated heterocycles. The summed E-state index contributed by atoms with van der Waals surface area (Å²) in [6.45, 7) is 0. The van der Waals surface area contributed by atoms with Gasteiger partial charge in [-0.15, -0.1) is 0 Å². The van der Waals surface area contributed by atoms with Crippen LogP contribution in [0.4, 0.5) is 0 Å². The molecule has 0 heterocycles. The van der Waals surface area contributed by atoms with Gasteiger partial charge in [-0.25, -0.2) is 4.79 Å². The first-order valence-electron chi connectivity index (χ1n) is 4.44. The van der Waals surface area contributed by atoms with Crippen LogP contribution < -0.4 is 0 Å². The number of hydrogen-bond acceptors (Lipinski definition) is 4. The Morgan fingerprint density at radius 1 is 1.35 bits per heavy atom. The number of benzene rings is 1. The average Bonchev–Trinajstić information content (AvgIpc) is 2.27. The molecule has 0 radical (unpaired) electrons. The summed E-state index contributed by atoms with van der Waals surface area (Å²) in [6, 6.07) is 4.33. The maximum atomic E-state index is 11.2. The lowest BCUT2D eigenvalue weighted by Gasteiger charge is -2.03. The van der Waals surface area contributed by atoms with E-state index in [0.29, 0.717) is 5.02 Å². The molecule has 0 aliphatic rings. The van der Waals surface area contributed by atoms with Crippen LogP contribution in [0.5, 0.6) is 0 Å². The third kappa shape index (κ3) is 3.47. The number of methoxy groups -OCH3 is 1. The molecular weight excluding hydrogens is 267 g/mol. The van der Waals surface area contributed by atoms with Crippen molar-refractivity contribution in [2.75, 3.05) is 7.11 Å². The van der Waals surface area contributed by atoms with E-state index in [1.807, 2.05) is 0 Å². The second kappa shape index (κ2) is 5.70. The van der Waals surface area contributed by atoms with Gasteiger partial charge >= 0.3 is 5.97 Å². The number of hydrogen-bond donors (Lipinski definition) is 1. The van der Waals surface area contributed by atoms with Gasteiger partial charge in [0.15, 0.2) is 0 Å². The van der Waals surface area contributed by atoms with E-state index in [1.165, 1.54) is 18.2 Å². The molecule has 1 aromatic carbocycles. The Bertz CT molecular complexity index is 494. The Hall–Kier alpha value is -1.52. The molecule has 4 nitrogen and oxygen atoms in total. The zero-order valence-electron chi connectivity index (χ0n) is 8.74. The quantitative estimate of drug-likeness (QED) is 0.398. The molecule has 0 aliphatic carbocycles. The van der Waals surface area contributed by atoms with E-state index in [2.05, 4.69) is 4.74 Å². The molecule has 0 atom stereocenters. The Balaban J connectivity index is 3.04. The summed E-state index contributed by atoms with van der Waals surface area (Å²) >= 11 is 11.5. The minimum Gasteiger partial charge on any atom is -0.507 e. The number of aliphatic hydroxyl groups is 1. The number of aliphatic hydroxyl groups excluding tert-OH is 1. The normalized spacial score (nSPS) is 11.1. The van der Waals surface area contributed by atoms with Gasteiger partial charge in [-0.1, -0.05) is 23.2 Å². The maximum absolute atomic E-state index is 11.2. The van der Waals surface area contributed by atoms with Gasteiger partial charge in [0, 0.05) is 16.7 Å². The molecule has 0 amide bonds. The fraction of sp³-hybridized carbons (Fsp3) is 0.0909. The molecule has 0 aliphatic heterocycles. The van der Waals surface area contributed by atoms with Crippen LogP contribution in [0.3, 0.4) is 0 Å². The molecular formula is C11H8Cl2O4. The van der Waals surface area contributed by atoms with Crippen LogP contribution in [-0.4, -0.2) is 24.0 Å². The lowest BCUT2D eigenvalue weighted by Crippen LogP contribution is -2.13. The Labute approximate surface area is 107 Å². The van der Waals surface area contributed by atoms with Crippen molar-refractivity contribution in [3.05, 3.63) is 39.9 Å². The van der Waals surface area contributed by atoms with E-state index >= 15 is 0 Å². The number of ketones is 1. The number of carbonyl (C=O) groups is 2. The van der Waals surface area contributed by atoms with Crippen molar-refractivity contribution >= 4 is 40.7 Å². The molecule has 0 saturated carbocycles. The van der Waals surface area contributed by atoms with E-state index in [-0.39, 0.29) is 10.6 Å². The van der Waals surface area contributed by atoms with Crippen LogP contribution in [0.15, 0.2) is 24.3 Å². The Morgan fingerprint density at radius 3 is 2.53 bits per heavy atom. The maximum Gasteiger partial charge on any atom is 0.378 e. The smallest absolute Gasteiger partial charge is 0.378 e. The number of esters is 1. The van der Waals surface area contributed by atoms with Crippen molar-refractivity contribution in [3.63, 3.8) is 0 Å². The number of rotatable bonds is 3.